The van der Waals surface area contributed by atoms with Gasteiger partial charge < -0.3 is 10.3 Å². The van der Waals surface area contributed by atoms with E-state index in [0.29, 0.717) is 17.3 Å². The third kappa shape index (κ3) is 4.45. The number of H-pyrrole nitrogens is 1. The number of fused-ring (bicyclic) bond motifs is 1. The molecule has 27 heavy (non-hydrogen) atoms. The fourth-order valence-electron chi connectivity index (χ4n) is 3.64. The standard InChI is InChI=1S/C23H29N3O/c1-5-8-17-11-13-18(14-12-17)21(15(2)3)24-16(4)22-25-20-10-7-6-9-19(20)23(27)26-22/h6-7,9-16,21,24H,5,8H2,1-4H3,(H,25,26,27)/p+1/t16-,21-/m0/s1. The zero-order valence-corrected chi connectivity index (χ0v) is 16.7. The third-order valence-electron chi connectivity index (χ3n) is 5.18. The molecule has 1 aromatic heterocycles. The first-order valence-corrected chi connectivity index (χ1v) is 9.92. The predicted octanol–water partition coefficient (Wildman–Crippen LogP) is 3.90. The maximum Gasteiger partial charge on any atom is 0.258 e. The number of rotatable bonds is 7. The van der Waals surface area contributed by atoms with Gasteiger partial charge in [-0.1, -0.05) is 63.6 Å². The number of quaternary nitrogens is 1. The van der Waals surface area contributed by atoms with Crippen LogP contribution >= 0.6 is 0 Å². The Balaban J connectivity index is 1.85. The van der Waals surface area contributed by atoms with Crippen molar-refractivity contribution in [2.24, 2.45) is 5.92 Å². The van der Waals surface area contributed by atoms with E-state index in [1.807, 2.05) is 24.3 Å². The molecule has 0 saturated heterocycles. The molecule has 0 saturated carbocycles. The highest BCUT2D eigenvalue weighted by Gasteiger charge is 2.24. The van der Waals surface area contributed by atoms with Crippen LogP contribution < -0.4 is 10.9 Å². The molecule has 142 valence electrons. The number of aromatic amines is 1. The summed E-state index contributed by atoms with van der Waals surface area (Å²) in [5.41, 5.74) is 3.39. The molecule has 0 amide bonds. The number of para-hydroxylation sites is 1. The van der Waals surface area contributed by atoms with E-state index in [1.54, 1.807) is 0 Å². The van der Waals surface area contributed by atoms with Crippen molar-refractivity contribution in [2.75, 3.05) is 0 Å². The summed E-state index contributed by atoms with van der Waals surface area (Å²) in [7, 11) is 0. The average Bonchev–Trinajstić information content (AvgIpc) is 2.66. The van der Waals surface area contributed by atoms with Crippen LogP contribution in [-0.2, 0) is 6.42 Å². The first kappa shape index (κ1) is 19.3. The van der Waals surface area contributed by atoms with E-state index in [0.717, 1.165) is 24.2 Å². The second kappa shape index (κ2) is 8.49. The summed E-state index contributed by atoms with van der Waals surface area (Å²) in [6.45, 7) is 8.79. The van der Waals surface area contributed by atoms with Gasteiger partial charge in [-0.25, -0.2) is 4.98 Å². The summed E-state index contributed by atoms with van der Waals surface area (Å²) in [4.78, 5) is 20.1. The number of nitrogens with one attached hydrogen (secondary N) is 1. The van der Waals surface area contributed by atoms with Gasteiger partial charge in [0.25, 0.3) is 5.56 Å². The van der Waals surface area contributed by atoms with Crippen LogP contribution in [0.1, 0.15) is 63.2 Å². The molecule has 3 aromatic rings. The number of nitrogens with two attached hydrogens (primary N) is 1. The van der Waals surface area contributed by atoms with Gasteiger partial charge in [0, 0.05) is 11.5 Å². The average molecular weight is 365 g/mol. The minimum Gasteiger partial charge on any atom is -0.331 e. The lowest BCUT2D eigenvalue weighted by molar-refractivity contribution is -0.738. The molecule has 0 unspecified atom stereocenters. The minimum atomic E-state index is -0.0686. The SMILES string of the molecule is CCCc1ccc([C@@H]([NH2+][C@@H](C)c2nc3ccccc3c(=O)[nH]2)C(C)C)cc1. The number of nitrogens with zero attached hydrogens (tertiary/aromatic N) is 1. The molecule has 2 atom stereocenters. The summed E-state index contributed by atoms with van der Waals surface area (Å²) in [5, 5.41) is 2.95. The Morgan fingerprint density at radius 3 is 2.41 bits per heavy atom. The van der Waals surface area contributed by atoms with Crippen molar-refractivity contribution in [3.8, 4) is 0 Å². The number of aromatic nitrogens is 2. The quantitative estimate of drug-likeness (QED) is 0.668. The zero-order chi connectivity index (χ0) is 19.4. The van der Waals surface area contributed by atoms with Gasteiger partial charge in [-0.15, -0.1) is 0 Å². The Morgan fingerprint density at radius 1 is 1.04 bits per heavy atom. The molecular formula is C23H30N3O+. The van der Waals surface area contributed by atoms with E-state index in [2.05, 4.69) is 62.3 Å². The maximum atomic E-state index is 12.4. The summed E-state index contributed by atoms with van der Waals surface area (Å²) < 4.78 is 0. The molecule has 4 heteroatoms. The third-order valence-corrected chi connectivity index (χ3v) is 5.18. The Labute approximate surface area is 161 Å². The monoisotopic (exact) mass is 364 g/mol. The molecule has 2 aromatic carbocycles. The second-order valence-electron chi connectivity index (χ2n) is 7.71. The Bertz CT molecular complexity index is 944. The highest BCUT2D eigenvalue weighted by molar-refractivity contribution is 5.77. The van der Waals surface area contributed by atoms with Gasteiger partial charge in [0.05, 0.1) is 10.9 Å². The molecule has 3 rings (SSSR count). The summed E-state index contributed by atoms with van der Waals surface area (Å²) in [5.74, 6) is 1.20. The molecule has 0 aliphatic rings. The van der Waals surface area contributed by atoms with Crippen LogP contribution in [0.2, 0.25) is 0 Å². The topological polar surface area (TPSA) is 62.4 Å². The molecule has 0 spiro atoms. The Morgan fingerprint density at radius 2 is 1.74 bits per heavy atom. The molecule has 0 radical (unpaired) electrons. The first-order chi connectivity index (χ1) is 13.0. The zero-order valence-electron chi connectivity index (χ0n) is 16.7. The predicted molar refractivity (Wildman–Crippen MR) is 111 cm³/mol. The Hall–Kier alpha value is -2.46. The van der Waals surface area contributed by atoms with Crippen molar-refractivity contribution in [3.63, 3.8) is 0 Å². The summed E-state index contributed by atoms with van der Waals surface area (Å²) >= 11 is 0. The lowest BCUT2D eigenvalue weighted by Crippen LogP contribution is -2.87. The van der Waals surface area contributed by atoms with Crippen LogP contribution in [0.25, 0.3) is 10.9 Å². The van der Waals surface area contributed by atoms with Gasteiger partial charge in [-0.2, -0.15) is 0 Å². The van der Waals surface area contributed by atoms with Gasteiger partial charge in [-0.05, 0) is 31.0 Å². The molecule has 0 bridgehead atoms. The molecule has 0 fully saturated rings. The Kier molecular flexibility index (Phi) is 6.07. The van der Waals surface area contributed by atoms with Crippen LogP contribution in [0.5, 0.6) is 0 Å². The van der Waals surface area contributed by atoms with Crippen molar-refractivity contribution >= 4 is 10.9 Å². The highest BCUT2D eigenvalue weighted by Crippen LogP contribution is 2.20. The van der Waals surface area contributed by atoms with E-state index < -0.39 is 0 Å². The van der Waals surface area contributed by atoms with Crippen LogP contribution in [-0.4, -0.2) is 9.97 Å². The van der Waals surface area contributed by atoms with Crippen LogP contribution in [0.4, 0.5) is 0 Å². The van der Waals surface area contributed by atoms with Crippen molar-refractivity contribution in [1.82, 2.24) is 9.97 Å². The van der Waals surface area contributed by atoms with E-state index in [4.69, 9.17) is 4.98 Å². The van der Waals surface area contributed by atoms with Crippen molar-refractivity contribution in [1.29, 1.82) is 0 Å². The molecule has 3 N–H and O–H groups in total. The van der Waals surface area contributed by atoms with Crippen LogP contribution in [0, 0.1) is 5.92 Å². The van der Waals surface area contributed by atoms with Crippen molar-refractivity contribution in [3.05, 3.63) is 75.8 Å². The number of hydrogen-bond donors (Lipinski definition) is 2. The smallest absolute Gasteiger partial charge is 0.258 e. The van der Waals surface area contributed by atoms with Gasteiger partial charge in [-0.3, -0.25) is 4.79 Å². The molecule has 0 aliphatic heterocycles. The molecule has 1 heterocycles. The lowest BCUT2D eigenvalue weighted by atomic mass is 9.94. The van der Waals surface area contributed by atoms with Crippen molar-refractivity contribution in [2.45, 2.75) is 52.6 Å². The number of benzene rings is 2. The first-order valence-electron chi connectivity index (χ1n) is 9.92. The highest BCUT2D eigenvalue weighted by atomic mass is 16.1. The van der Waals surface area contributed by atoms with E-state index in [9.17, 15) is 4.79 Å². The van der Waals surface area contributed by atoms with Gasteiger partial charge >= 0.3 is 0 Å². The van der Waals surface area contributed by atoms with E-state index in [-0.39, 0.29) is 11.6 Å². The van der Waals surface area contributed by atoms with Gasteiger partial charge in [0.2, 0.25) is 0 Å². The fourth-order valence-corrected chi connectivity index (χ4v) is 3.64. The fraction of sp³-hybridized carbons (Fsp3) is 0.391. The van der Waals surface area contributed by atoms with Gasteiger partial charge in [0.1, 0.15) is 12.1 Å². The number of aryl methyl sites for hydroxylation is 1. The van der Waals surface area contributed by atoms with Crippen LogP contribution in [0.15, 0.2) is 53.3 Å². The van der Waals surface area contributed by atoms with Crippen LogP contribution in [0.3, 0.4) is 0 Å². The van der Waals surface area contributed by atoms with Gasteiger partial charge in [0.15, 0.2) is 5.82 Å². The minimum absolute atomic E-state index is 0.0602. The van der Waals surface area contributed by atoms with Crippen molar-refractivity contribution < 1.29 is 5.32 Å². The van der Waals surface area contributed by atoms with E-state index in [1.165, 1.54) is 11.1 Å². The molecular weight excluding hydrogens is 334 g/mol. The van der Waals surface area contributed by atoms with E-state index >= 15 is 0 Å². The molecule has 0 aliphatic carbocycles. The summed E-state index contributed by atoms with van der Waals surface area (Å²) in [6.07, 6.45) is 2.28. The summed E-state index contributed by atoms with van der Waals surface area (Å²) in [6, 6.07) is 16.8. The maximum absolute atomic E-state index is 12.4. The normalized spacial score (nSPS) is 13.8. The molecule has 4 nitrogen and oxygen atoms in total. The lowest BCUT2D eigenvalue weighted by Gasteiger charge is -2.23. The number of hydrogen-bond acceptors (Lipinski definition) is 2. The second-order valence-corrected chi connectivity index (χ2v) is 7.71. The largest absolute Gasteiger partial charge is 0.331 e.